The molecule has 0 aromatic heterocycles. The van der Waals surface area contributed by atoms with Crippen LogP contribution < -0.4 is 0 Å². The third-order valence-corrected chi connectivity index (χ3v) is 1.19. The molecule has 0 atom stereocenters. The first-order valence-corrected chi connectivity index (χ1v) is 3.84. The van der Waals surface area contributed by atoms with Crippen molar-refractivity contribution >= 4 is 19.4 Å². The summed E-state index contributed by atoms with van der Waals surface area (Å²) in [5.74, 6) is 0. The lowest BCUT2D eigenvalue weighted by atomic mass is 11.3. The molecule has 0 spiro atoms. The van der Waals surface area contributed by atoms with Crippen LogP contribution in [-0.2, 0) is 19.4 Å². The van der Waals surface area contributed by atoms with Gasteiger partial charge in [-0.05, 0) is 0 Å². The molecule has 54 valence electrons. The molecule has 0 unspecified atom stereocenters. The summed E-state index contributed by atoms with van der Waals surface area (Å²) in [6.45, 7) is 0. The van der Waals surface area contributed by atoms with E-state index in [1.807, 2.05) is 0 Å². The van der Waals surface area contributed by atoms with Crippen molar-refractivity contribution in [2.75, 3.05) is 0 Å². The summed E-state index contributed by atoms with van der Waals surface area (Å²) < 4.78 is 53.5. The molecule has 0 aliphatic heterocycles. The lowest BCUT2D eigenvalue weighted by Crippen LogP contribution is -1.99. The number of nitrogens with zero attached hydrogens (tertiary/aromatic N) is 1. The van der Waals surface area contributed by atoms with E-state index < -0.39 is 25.7 Å². The Labute approximate surface area is 52.4 Å². The number of halogens is 3. The Hall–Kier alpha value is -0.370. The fourth-order valence-electron chi connectivity index (χ4n) is 0.0727. The Kier molecular flexibility index (Phi) is 2.85. The summed E-state index contributed by atoms with van der Waals surface area (Å²) in [7, 11) is -3.38. The van der Waals surface area contributed by atoms with Crippen LogP contribution >= 0.6 is 0 Å². The fraction of sp³-hybridized carbons (Fsp3) is 1.00. The number of alkyl halides is 3. The van der Waals surface area contributed by atoms with Crippen LogP contribution in [0.2, 0.25) is 0 Å². The molecule has 0 aliphatic rings. The predicted molar refractivity (Wildman–Crippen MR) is 24.8 cm³/mol. The van der Waals surface area contributed by atoms with Crippen LogP contribution in [0.1, 0.15) is 0 Å². The van der Waals surface area contributed by atoms with Gasteiger partial charge in [0.2, 0.25) is 0 Å². The normalized spacial score (nSPS) is 10.6. The van der Waals surface area contributed by atoms with E-state index in [9.17, 15) is 21.6 Å². The van der Waals surface area contributed by atoms with Gasteiger partial charge >= 0.3 is 6.30 Å². The van der Waals surface area contributed by atoms with Gasteiger partial charge in [-0.15, -0.1) is 17.5 Å². The van der Waals surface area contributed by atoms with Crippen molar-refractivity contribution in [2.45, 2.75) is 6.30 Å². The molecule has 0 rings (SSSR count). The molecule has 0 N–H and O–H groups in total. The van der Waals surface area contributed by atoms with E-state index in [1.165, 1.54) is 0 Å². The fourth-order valence-corrected chi connectivity index (χ4v) is 0.654. The van der Waals surface area contributed by atoms with E-state index in [0.29, 0.717) is 0 Å². The Bertz CT molecular complexity index is 235. The van der Waals surface area contributed by atoms with Gasteiger partial charge in [0, 0.05) is 0 Å². The van der Waals surface area contributed by atoms with Gasteiger partial charge in [-0.2, -0.15) is 8.42 Å². The molecule has 0 saturated carbocycles. The summed E-state index contributed by atoms with van der Waals surface area (Å²) in [5.41, 5.74) is 0. The Balaban J connectivity index is 4.57. The standard InChI is InChI=1S/CF3NO2S2/c2-1(3,4)5-8-9(6)7. The molecule has 0 aromatic carbocycles. The maximum atomic E-state index is 11.0. The number of rotatable bonds is 0. The summed E-state index contributed by atoms with van der Waals surface area (Å²) in [6, 6.07) is 0. The third-order valence-electron chi connectivity index (χ3n) is 0.202. The van der Waals surface area contributed by atoms with Gasteiger partial charge in [-0.1, -0.05) is 0 Å². The van der Waals surface area contributed by atoms with Crippen LogP contribution in [-0.4, -0.2) is 14.7 Å². The molecule has 0 amide bonds. The molecule has 3 nitrogen and oxygen atoms in total. The number of hydrogen-bond acceptors (Lipinski definition) is 3. The number of hydrogen-bond donors (Lipinski definition) is 0. The van der Waals surface area contributed by atoms with Gasteiger partial charge in [0.25, 0.3) is 9.26 Å². The third kappa shape index (κ3) is 7.63. The maximum absolute atomic E-state index is 11.0. The zero-order valence-electron chi connectivity index (χ0n) is 3.71. The molecule has 0 saturated heterocycles. The van der Waals surface area contributed by atoms with E-state index in [2.05, 4.69) is 0 Å². The molecule has 0 aliphatic carbocycles. The first-order valence-electron chi connectivity index (χ1n) is 1.47. The van der Waals surface area contributed by atoms with E-state index in [0.717, 1.165) is 0 Å². The quantitative estimate of drug-likeness (QED) is 0.510. The van der Waals surface area contributed by atoms with Crippen LogP contribution in [0.4, 0.5) is 13.2 Å². The van der Waals surface area contributed by atoms with Crippen LogP contribution in [0.3, 0.4) is 0 Å². The molecular formula is CF3NO2S2. The second-order valence-corrected chi connectivity index (χ2v) is 2.84. The summed E-state index contributed by atoms with van der Waals surface area (Å²) in [5, 5.41) is 0. The second-order valence-electron chi connectivity index (χ2n) is 0.838. The summed E-state index contributed by atoms with van der Waals surface area (Å²) >= 11 is 0. The highest BCUT2D eigenvalue weighted by Crippen LogP contribution is 2.14. The smallest absolute Gasteiger partial charge is 0.171 e. The highest BCUT2D eigenvalue weighted by molar-refractivity contribution is 8.19. The molecule has 9 heavy (non-hydrogen) atoms. The van der Waals surface area contributed by atoms with Gasteiger partial charge in [0.15, 0.2) is 0 Å². The highest BCUT2D eigenvalue weighted by atomic mass is 32.8. The van der Waals surface area contributed by atoms with Crippen molar-refractivity contribution in [2.24, 2.45) is 4.36 Å². The molecule has 0 heterocycles. The van der Waals surface area contributed by atoms with E-state index in [4.69, 9.17) is 0 Å². The average Bonchev–Trinajstić information content (AvgIpc) is 1.59. The predicted octanol–water partition coefficient (Wildman–Crippen LogP) is 0.567. The highest BCUT2D eigenvalue weighted by Gasteiger charge is 2.25. The van der Waals surface area contributed by atoms with E-state index in [-0.39, 0.29) is 0 Å². The van der Waals surface area contributed by atoms with Crippen LogP contribution in [0.25, 0.3) is 0 Å². The largest absolute Gasteiger partial charge is 0.514 e. The SMILES string of the molecule is O=S(=O)=S=NC(F)(F)F. The molecule has 0 aromatic rings. The zero-order chi connectivity index (χ0) is 7.49. The van der Waals surface area contributed by atoms with Crippen LogP contribution in [0.15, 0.2) is 4.36 Å². The van der Waals surface area contributed by atoms with Crippen LogP contribution in [0, 0.1) is 0 Å². The second kappa shape index (κ2) is 2.97. The minimum atomic E-state index is -4.77. The van der Waals surface area contributed by atoms with Gasteiger partial charge in [-0.25, -0.2) is 0 Å². The van der Waals surface area contributed by atoms with Crippen molar-refractivity contribution in [3.05, 3.63) is 0 Å². The zero-order valence-corrected chi connectivity index (χ0v) is 5.35. The van der Waals surface area contributed by atoms with Gasteiger partial charge in [0.05, 0.1) is 10.1 Å². The van der Waals surface area contributed by atoms with E-state index >= 15 is 0 Å². The maximum Gasteiger partial charge on any atom is 0.514 e. The molecule has 8 heteroatoms. The topological polar surface area (TPSA) is 46.5 Å². The van der Waals surface area contributed by atoms with Crippen molar-refractivity contribution in [3.63, 3.8) is 0 Å². The lowest BCUT2D eigenvalue weighted by Gasteiger charge is -1.89. The minimum absolute atomic E-state index is 0.545. The van der Waals surface area contributed by atoms with Gasteiger partial charge in [-0.3, -0.25) is 0 Å². The Morgan fingerprint density at radius 2 is 1.78 bits per heavy atom. The van der Waals surface area contributed by atoms with Crippen LogP contribution in [0.5, 0.6) is 0 Å². The molecule has 0 bridgehead atoms. The van der Waals surface area contributed by atoms with E-state index in [1.54, 1.807) is 4.36 Å². The van der Waals surface area contributed by atoms with Gasteiger partial charge < -0.3 is 0 Å². The van der Waals surface area contributed by atoms with Crippen molar-refractivity contribution in [3.8, 4) is 0 Å². The lowest BCUT2D eigenvalue weighted by molar-refractivity contribution is -0.117. The van der Waals surface area contributed by atoms with Crippen molar-refractivity contribution < 1.29 is 21.6 Å². The molecule has 0 radical (unpaired) electrons. The molecular weight excluding hydrogens is 179 g/mol. The summed E-state index contributed by atoms with van der Waals surface area (Å²) in [4.78, 5) is 0. The van der Waals surface area contributed by atoms with Crippen molar-refractivity contribution in [1.82, 2.24) is 0 Å². The average molecular weight is 179 g/mol. The Morgan fingerprint density at radius 3 is 1.89 bits per heavy atom. The monoisotopic (exact) mass is 179 g/mol. The summed E-state index contributed by atoms with van der Waals surface area (Å²) in [6.07, 6.45) is -4.77. The first kappa shape index (κ1) is 8.63. The Morgan fingerprint density at radius 1 is 1.33 bits per heavy atom. The van der Waals surface area contributed by atoms with Gasteiger partial charge in [0.1, 0.15) is 0 Å². The molecule has 0 fully saturated rings. The first-order chi connectivity index (χ1) is 3.92. The minimum Gasteiger partial charge on any atom is -0.171 e. The van der Waals surface area contributed by atoms with Crippen molar-refractivity contribution in [1.29, 1.82) is 0 Å².